The molecule has 0 bridgehead atoms. The van der Waals surface area contributed by atoms with E-state index in [4.69, 9.17) is 9.47 Å². The topological polar surface area (TPSA) is 90.6 Å². The first-order valence-electron chi connectivity index (χ1n) is 9.50. The molecule has 8 nitrogen and oxygen atoms in total. The highest BCUT2D eigenvalue weighted by molar-refractivity contribution is 5.78. The highest BCUT2D eigenvalue weighted by Gasteiger charge is 2.56. The van der Waals surface area contributed by atoms with E-state index >= 15 is 0 Å². The van der Waals surface area contributed by atoms with Gasteiger partial charge in [0.1, 0.15) is 6.33 Å². The first-order valence-corrected chi connectivity index (χ1v) is 9.50. The van der Waals surface area contributed by atoms with E-state index in [2.05, 4.69) is 20.6 Å². The van der Waals surface area contributed by atoms with Crippen molar-refractivity contribution in [3.8, 4) is 5.88 Å². The number of hydrogen-bond donors (Lipinski definition) is 1. The Hall–Kier alpha value is -2.22. The minimum absolute atomic E-state index is 0.0350. The molecule has 5 rings (SSSR count). The molecule has 2 aromatic heterocycles. The van der Waals surface area contributed by atoms with E-state index in [1.165, 1.54) is 36.5 Å². The van der Waals surface area contributed by atoms with Gasteiger partial charge in [-0.15, -0.1) is 15.3 Å². The van der Waals surface area contributed by atoms with Gasteiger partial charge in [0.2, 0.25) is 5.88 Å². The second-order valence-corrected chi connectivity index (χ2v) is 7.60. The summed E-state index contributed by atoms with van der Waals surface area (Å²) in [4.78, 5) is 12.4. The summed E-state index contributed by atoms with van der Waals surface area (Å²) in [6, 6.07) is 3.69. The maximum Gasteiger partial charge on any atom is 0.258 e. The van der Waals surface area contributed by atoms with Crippen molar-refractivity contribution in [3.05, 3.63) is 18.5 Å². The Labute approximate surface area is 151 Å². The highest BCUT2D eigenvalue weighted by Crippen LogP contribution is 2.51. The van der Waals surface area contributed by atoms with Crippen molar-refractivity contribution in [2.45, 2.75) is 44.2 Å². The molecule has 1 amide bonds. The Morgan fingerprint density at radius 3 is 3.08 bits per heavy atom. The Morgan fingerprint density at radius 2 is 2.19 bits per heavy atom. The lowest BCUT2D eigenvalue weighted by Crippen LogP contribution is -2.63. The molecule has 3 fully saturated rings. The van der Waals surface area contributed by atoms with Gasteiger partial charge in [-0.2, -0.15) is 4.52 Å². The van der Waals surface area contributed by atoms with Crippen molar-refractivity contribution < 1.29 is 14.3 Å². The van der Waals surface area contributed by atoms with Gasteiger partial charge in [0, 0.05) is 30.6 Å². The molecule has 8 heteroatoms. The lowest BCUT2D eigenvalue weighted by atomic mass is 9.61. The molecule has 3 aliphatic rings. The summed E-state index contributed by atoms with van der Waals surface area (Å²) in [6.07, 6.45) is 8.04. The molecule has 0 aromatic carbocycles. The van der Waals surface area contributed by atoms with Crippen LogP contribution in [-0.2, 0) is 9.53 Å². The first-order chi connectivity index (χ1) is 12.8. The Balaban J connectivity index is 1.20. The second kappa shape index (κ2) is 6.50. The van der Waals surface area contributed by atoms with Gasteiger partial charge in [-0.1, -0.05) is 25.7 Å². The lowest BCUT2D eigenvalue weighted by Gasteiger charge is -2.50. The van der Waals surface area contributed by atoms with Crippen molar-refractivity contribution in [1.29, 1.82) is 0 Å². The maximum atomic E-state index is 12.4. The molecule has 1 aliphatic heterocycles. The van der Waals surface area contributed by atoms with Crippen LogP contribution in [-0.4, -0.2) is 51.1 Å². The average Bonchev–Trinajstić information content (AvgIpc) is 3.39. The molecular formula is C18H23N5O3. The number of ether oxygens (including phenoxy) is 2. The molecule has 3 heterocycles. The molecule has 1 saturated heterocycles. The molecule has 4 atom stereocenters. The fourth-order valence-corrected chi connectivity index (χ4v) is 5.01. The standard InChI is InChI=1S/C18H23N5O3/c24-14(9-26-15-6-5-13-21-19-10-23(13)22-15)20-17-12-7-8-25-18(12)16(17)11-3-1-2-4-11/h5-6,10-12,16-18H,1-4,7-9H2,(H,20,24)/t12-,16+,17+,18-/m1/s1. The van der Waals surface area contributed by atoms with Gasteiger partial charge in [-0.3, -0.25) is 4.79 Å². The van der Waals surface area contributed by atoms with E-state index in [0.29, 0.717) is 35.4 Å². The minimum Gasteiger partial charge on any atom is -0.467 e. The van der Waals surface area contributed by atoms with Crippen LogP contribution in [0.4, 0.5) is 0 Å². The van der Waals surface area contributed by atoms with Gasteiger partial charge in [0.25, 0.3) is 5.91 Å². The third-order valence-corrected chi connectivity index (χ3v) is 6.20. The van der Waals surface area contributed by atoms with E-state index in [-0.39, 0.29) is 18.6 Å². The first kappa shape index (κ1) is 16.0. The van der Waals surface area contributed by atoms with Gasteiger partial charge in [-0.05, 0) is 18.4 Å². The number of nitrogens with zero attached hydrogens (tertiary/aromatic N) is 4. The molecule has 0 radical (unpaired) electrons. The average molecular weight is 357 g/mol. The zero-order chi connectivity index (χ0) is 17.5. The van der Waals surface area contributed by atoms with Gasteiger partial charge in [0.15, 0.2) is 12.3 Å². The van der Waals surface area contributed by atoms with Crippen LogP contribution in [0.3, 0.4) is 0 Å². The summed E-state index contributed by atoms with van der Waals surface area (Å²) in [5, 5.41) is 15.1. The van der Waals surface area contributed by atoms with Crippen LogP contribution in [0.5, 0.6) is 5.88 Å². The van der Waals surface area contributed by atoms with Crippen LogP contribution in [0, 0.1) is 17.8 Å². The van der Waals surface area contributed by atoms with Crippen molar-refractivity contribution in [1.82, 2.24) is 25.1 Å². The van der Waals surface area contributed by atoms with Gasteiger partial charge in [0.05, 0.1) is 6.10 Å². The third kappa shape index (κ3) is 2.72. The summed E-state index contributed by atoms with van der Waals surface area (Å²) in [7, 11) is 0. The van der Waals surface area contributed by atoms with Crippen LogP contribution in [0.25, 0.3) is 5.65 Å². The summed E-state index contributed by atoms with van der Waals surface area (Å²) in [5.74, 6) is 1.93. The third-order valence-electron chi connectivity index (χ3n) is 6.20. The summed E-state index contributed by atoms with van der Waals surface area (Å²) < 4.78 is 13.0. The van der Waals surface area contributed by atoms with Crippen LogP contribution < -0.4 is 10.1 Å². The van der Waals surface area contributed by atoms with E-state index in [9.17, 15) is 4.79 Å². The molecule has 138 valence electrons. The van der Waals surface area contributed by atoms with Crippen molar-refractivity contribution in [3.63, 3.8) is 0 Å². The van der Waals surface area contributed by atoms with Gasteiger partial charge >= 0.3 is 0 Å². The van der Waals surface area contributed by atoms with Crippen LogP contribution in [0.2, 0.25) is 0 Å². The van der Waals surface area contributed by atoms with Crippen LogP contribution in [0.15, 0.2) is 18.5 Å². The molecule has 1 N–H and O–H groups in total. The van der Waals surface area contributed by atoms with Crippen molar-refractivity contribution in [2.24, 2.45) is 17.8 Å². The number of fused-ring (bicyclic) bond motifs is 2. The van der Waals surface area contributed by atoms with E-state index < -0.39 is 0 Å². The largest absolute Gasteiger partial charge is 0.467 e. The fraction of sp³-hybridized carbons (Fsp3) is 0.667. The summed E-state index contributed by atoms with van der Waals surface area (Å²) in [5.41, 5.74) is 0.642. The zero-order valence-corrected chi connectivity index (χ0v) is 14.6. The number of carbonyl (C=O) groups is 1. The van der Waals surface area contributed by atoms with E-state index in [1.54, 1.807) is 12.1 Å². The molecule has 2 saturated carbocycles. The number of nitrogens with one attached hydrogen (secondary N) is 1. The molecular weight excluding hydrogens is 334 g/mol. The predicted molar refractivity (Wildman–Crippen MR) is 91.5 cm³/mol. The molecule has 2 aliphatic carbocycles. The Kier molecular flexibility index (Phi) is 4.00. The van der Waals surface area contributed by atoms with E-state index in [1.807, 2.05) is 0 Å². The minimum atomic E-state index is -0.0889. The van der Waals surface area contributed by atoms with Crippen LogP contribution >= 0.6 is 0 Å². The molecule has 0 unspecified atom stereocenters. The number of rotatable bonds is 5. The summed E-state index contributed by atoms with van der Waals surface area (Å²) >= 11 is 0. The fourth-order valence-electron chi connectivity index (χ4n) is 5.01. The van der Waals surface area contributed by atoms with E-state index in [0.717, 1.165) is 13.0 Å². The molecule has 2 aromatic rings. The Morgan fingerprint density at radius 1 is 1.31 bits per heavy atom. The lowest BCUT2D eigenvalue weighted by molar-refractivity contribution is -0.131. The number of aromatic nitrogens is 4. The number of hydrogen-bond acceptors (Lipinski definition) is 6. The smallest absolute Gasteiger partial charge is 0.258 e. The van der Waals surface area contributed by atoms with Gasteiger partial charge < -0.3 is 14.8 Å². The normalized spacial score (nSPS) is 30.9. The van der Waals surface area contributed by atoms with Crippen LogP contribution in [0.1, 0.15) is 32.1 Å². The number of carbonyl (C=O) groups excluding carboxylic acids is 1. The zero-order valence-electron chi connectivity index (χ0n) is 14.6. The SMILES string of the molecule is O=C(COc1ccc2nncn2n1)N[C@H]1[C@H]2CCO[C@H]2[C@H]1C1CCCC1. The molecule has 0 spiro atoms. The summed E-state index contributed by atoms with van der Waals surface area (Å²) in [6.45, 7) is 0.789. The maximum absolute atomic E-state index is 12.4. The quantitative estimate of drug-likeness (QED) is 0.865. The second-order valence-electron chi connectivity index (χ2n) is 7.60. The Bertz CT molecular complexity index is 798. The molecule has 26 heavy (non-hydrogen) atoms. The number of amides is 1. The van der Waals surface area contributed by atoms with Crippen molar-refractivity contribution >= 4 is 11.6 Å². The predicted octanol–water partition coefficient (Wildman–Crippen LogP) is 1.21. The van der Waals surface area contributed by atoms with Gasteiger partial charge in [-0.25, -0.2) is 0 Å². The monoisotopic (exact) mass is 357 g/mol. The van der Waals surface area contributed by atoms with Crippen molar-refractivity contribution in [2.75, 3.05) is 13.2 Å². The highest BCUT2D eigenvalue weighted by atomic mass is 16.5.